The number of nitrogens with one attached hydrogen (secondary N) is 1. The third kappa shape index (κ3) is 2.28. The summed E-state index contributed by atoms with van der Waals surface area (Å²) in [5, 5.41) is 8.39. The van der Waals surface area contributed by atoms with E-state index in [0.29, 0.717) is 10.6 Å². The molecule has 0 aliphatic heterocycles. The molecule has 0 spiro atoms. The van der Waals surface area contributed by atoms with Gasteiger partial charge in [0.15, 0.2) is 0 Å². The predicted molar refractivity (Wildman–Crippen MR) is 53.1 cm³/mol. The average molecular weight is 215 g/mol. The Hall–Kier alpha value is -0.980. The number of aromatic nitrogens is 1. The summed E-state index contributed by atoms with van der Waals surface area (Å²) in [5.41, 5.74) is 8.08. The standard InChI is InChI=1S/C8H13N3O2S/c1-4(2)7(9)5-3-6(14-11-5)8(12)10-13/h3-4,7,13H,9H2,1-2H3,(H,10,12)/t7-/m1/s1. The monoisotopic (exact) mass is 215 g/mol. The second-order valence-corrected chi connectivity index (χ2v) is 4.13. The first-order valence-corrected chi connectivity index (χ1v) is 5.00. The molecule has 1 amide bonds. The maximum atomic E-state index is 11.0. The molecule has 0 aliphatic carbocycles. The van der Waals surface area contributed by atoms with Gasteiger partial charge in [0, 0.05) is 0 Å². The minimum Gasteiger partial charge on any atom is -0.322 e. The molecule has 14 heavy (non-hydrogen) atoms. The molecule has 78 valence electrons. The van der Waals surface area contributed by atoms with Gasteiger partial charge in [0.1, 0.15) is 4.88 Å². The number of nitrogens with zero attached hydrogens (tertiary/aromatic N) is 1. The second-order valence-electron chi connectivity index (χ2n) is 3.33. The second kappa shape index (κ2) is 4.50. The Kier molecular flexibility index (Phi) is 3.56. The lowest BCUT2D eigenvalue weighted by atomic mass is 10.0. The zero-order valence-electron chi connectivity index (χ0n) is 8.02. The number of hydroxylamine groups is 1. The number of hydrogen-bond donors (Lipinski definition) is 3. The molecule has 0 bridgehead atoms. The summed E-state index contributed by atoms with van der Waals surface area (Å²) in [6.45, 7) is 3.96. The smallest absolute Gasteiger partial charge is 0.286 e. The van der Waals surface area contributed by atoms with E-state index in [1.54, 1.807) is 11.5 Å². The fourth-order valence-corrected chi connectivity index (χ4v) is 1.63. The van der Waals surface area contributed by atoms with Gasteiger partial charge in [-0.25, -0.2) is 5.48 Å². The van der Waals surface area contributed by atoms with E-state index in [2.05, 4.69) is 4.37 Å². The van der Waals surface area contributed by atoms with Gasteiger partial charge in [-0.15, -0.1) is 0 Å². The summed E-state index contributed by atoms with van der Waals surface area (Å²) >= 11 is 1.03. The van der Waals surface area contributed by atoms with Crippen LogP contribution in [-0.4, -0.2) is 15.5 Å². The van der Waals surface area contributed by atoms with Crippen LogP contribution in [0.15, 0.2) is 6.07 Å². The number of nitrogens with two attached hydrogens (primary N) is 1. The molecule has 0 saturated carbocycles. The fourth-order valence-electron chi connectivity index (χ4n) is 0.950. The quantitative estimate of drug-likeness (QED) is 0.516. The van der Waals surface area contributed by atoms with Crippen molar-refractivity contribution in [2.75, 3.05) is 0 Å². The van der Waals surface area contributed by atoms with Gasteiger partial charge in [-0.05, 0) is 23.5 Å². The van der Waals surface area contributed by atoms with Crippen LogP contribution < -0.4 is 11.2 Å². The van der Waals surface area contributed by atoms with Gasteiger partial charge in [0.25, 0.3) is 5.91 Å². The van der Waals surface area contributed by atoms with E-state index in [9.17, 15) is 4.79 Å². The van der Waals surface area contributed by atoms with E-state index in [1.807, 2.05) is 13.8 Å². The van der Waals surface area contributed by atoms with Crippen LogP contribution in [0.1, 0.15) is 35.3 Å². The molecule has 1 aromatic rings. The molecule has 1 rings (SSSR count). The lowest BCUT2D eigenvalue weighted by Crippen LogP contribution is -2.18. The Morgan fingerprint density at radius 1 is 1.71 bits per heavy atom. The van der Waals surface area contributed by atoms with Gasteiger partial charge in [0.05, 0.1) is 11.7 Å². The Labute approximate surface area is 86.1 Å². The minimum absolute atomic E-state index is 0.175. The van der Waals surface area contributed by atoms with Crippen molar-refractivity contribution >= 4 is 17.4 Å². The highest BCUT2D eigenvalue weighted by Gasteiger charge is 2.16. The van der Waals surface area contributed by atoms with Crippen molar-refractivity contribution in [2.24, 2.45) is 11.7 Å². The lowest BCUT2D eigenvalue weighted by molar-refractivity contribution is 0.0711. The molecule has 5 nitrogen and oxygen atoms in total. The number of amides is 1. The lowest BCUT2D eigenvalue weighted by Gasteiger charge is -2.11. The zero-order valence-corrected chi connectivity index (χ0v) is 8.84. The van der Waals surface area contributed by atoms with Gasteiger partial charge >= 0.3 is 0 Å². The predicted octanol–water partition coefficient (Wildman–Crippen LogP) is 0.918. The maximum Gasteiger partial charge on any atom is 0.286 e. The first-order valence-electron chi connectivity index (χ1n) is 4.23. The zero-order chi connectivity index (χ0) is 10.7. The van der Waals surface area contributed by atoms with Crippen LogP contribution >= 0.6 is 11.5 Å². The highest BCUT2D eigenvalue weighted by Crippen LogP contribution is 2.20. The summed E-state index contributed by atoms with van der Waals surface area (Å²) < 4.78 is 4.05. The van der Waals surface area contributed by atoms with Crippen molar-refractivity contribution in [2.45, 2.75) is 19.9 Å². The molecule has 4 N–H and O–H groups in total. The molecular weight excluding hydrogens is 202 g/mol. The summed E-state index contributed by atoms with van der Waals surface area (Å²) in [7, 11) is 0. The molecule has 0 aromatic carbocycles. The normalized spacial score (nSPS) is 12.9. The summed E-state index contributed by atoms with van der Waals surface area (Å²) in [4.78, 5) is 11.3. The summed E-state index contributed by atoms with van der Waals surface area (Å²) in [5.74, 6) is -0.285. The molecule has 0 unspecified atom stereocenters. The van der Waals surface area contributed by atoms with Crippen LogP contribution in [0.2, 0.25) is 0 Å². The number of hydrogen-bond acceptors (Lipinski definition) is 5. The molecule has 0 fully saturated rings. The number of carbonyl (C=O) groups is 1. The Morgan fingerprint density at radius 2 is 2.36 bits per heavy atom. The van der Waals surface area contributed by atoms with Gasteiger partial charge in [-0.1, -0.05) is 13.8 Å². The first-order chi connectivity index (χ1) is 6.56. The van der Waals surface area contributed by atoms with E-state index in [0.717, 1.165) is 11.5 Å². The van der Waals surface area contributed by atoms with Crippen molar-refractivity contribution < 1.29 is 10.0 Å². The van der Waals surface area contributed by atoms with Crippen molar-refractivity contribution in [3.63, 3.8) is 0 Å². The molecule has 0 saturated heterocycles. The fraction of sp³-hybridized carbons (Fsp3) is 0.500. The molecule has 0 radical (unpaired) electrons. The van der Waals surface area contributed by atoms with Crippen molar-refractivity contribution in [3.05, 3.63) is 16.6 Å². The van der Waals surface area contributed by atoms with Crippen molar-refractivity contribution in [1.29, 1.82) is 0 Å². The van der Waals surface area contributed by atoms with E-state index in [1.165, 1.54) is 0 Å². The number of carbonyl (C=O) groups excluding carboxylic acids is 1. The van der Waals surface area contributed by atoms with Crippen LogP contribution in [0.25, 0.3) is 0 Å². The van der Waals surface area contributed by atoms with E-state index in [-0.39, 0.29) is 12.0 Å². The highest BCUT2D eigenvalue weighted by atomic mass is 32.1. The van der Waals surface area contributed by atoms with Gasteiger partial charge < -0.3 is 5.73 Å². The van der Waals surface area contributed by atoms with Crippen LogP contribution in [0.4, 0.5) is 0 Å². The Morgan fingerprint density at radius 3 is 2.86 bits per heavy atom. The largest absolute Gasteiger partial charge is 0.322 e. The van der Waals surface area contributed by atoms with Crippen molar-refractivity contribution in [3.8, 4) is 0 Å². The van der Waals surface area contributed by atoms with Gasteiger partial charge in [-0.3, -0.25) is 10.0 Å². The molecule has 0 aliphatic rings. The Balaban J connectivity index is 2.82. The van der Waals surface area contributed by atoms with Crippen LogP contribution in [-0.2, 0) is 0 Å². The van der Waals surface area contributed by atoms with Crippen molar-refractivity contribution in [1.82, 2.24) is 9.85 Å². The minimum atomic E-state index is -0.551. The van der Waals surface area contributed by atoms with Crippen LogP contribution in [0, 0.1) is 5.92 Å². The summed E-state index contributed by atoms with van der Waals surface area (Å²) in [6, 6.07) is 1.42. The van der Waals surface area contributed by atoms with Gasteiger partial charge in [0.2, 0.25) is 0 Å². The highest BCUT2D eigenvalue weighted by molar-refractivity contribution is 7.08. The number of rotatable bonds is 3. The molecule has 1 heterocycles. The first kappa shape index (κ1) is 11.1. The summed E-state index contributed by atoms with van der Waals surface area (Å²) in [6.07, 6.45) is 0. The van der Waals surface area contributed by atoms with E-state index >= 15 is 0 Å². The third-order valence-electron chi connectivity index (χ3n) is 1.91. The maximum absolute atomic E-state index is 11.0. The molecule has 6 heteroatoms. The van der Waals surface area contributed by atoms with E-state index in [4.69, 9.17) is 10.9 Å². The topological polar surface area (TPSA) is 88.2 Å². The Bertz CT molecular complexity index is 324. The SMILES string of the molecule is CC(C)[C@@H](N)c1cc(C(=O)NO)sn1. The third-order valence-corrected chi connectivity index (χ3v) is 2.72. The average Bonchev–Trinajstić information content (AvgIpc) is 2.64. The molecule has 1 atom stereocenters. The van der Waals surface area contributed by atoms with Crippen LogP contribution in [0.5, 0.6) is 0 Å². The van der Waals surface area contributed by atoms with Crippen LogP contribution in [0.3, 0.4) is 0 Å². The molecule has 1 aromatic heterocycles. The molecular formula is C8H13N3O2S. The van der Waals surface area contributed by atoms with E-state index < -0.39 is 5.91 Å². The van der Waals surface area contributed by atoms with Gasteiger partial charge in [-0.2, -0.15) is 4.37 Å².